The lowest BCUT2D eigenvalue weighted by Gasteiger charge is -2.06. The van der Waals surface area contributed by atoms with Gasteiger partial charge in [-0.1, -0.05) is 149 Å². The van der Waals surface area contributed by atoms with Crippen molar-refractivity contribution in [2.75, 3.05) is 0 Å². The van der Waals surface area contributed by atoms with Crippen molar-refractivity contribution in [1.29, 1.82) is 0 Å². The van der Waals surface area contributed by atoms with Crippen LogP contribution in [0.2, 0.25) is 0 Å². The lowest BCUT2D eigenvalue weighted by Crippen LogP contribution is -1.94. The summed E-state index contributed by atoms with van der Waals surface area (Å²) in [6.45, 7) is 0. The molecule has 0 saturated carbocycles. The summed E-state index contributed by atoms with van der Waals surface area (Å²) in [6.07, 6.45) is 9.29. The molecule has 0 N–H and O–H groups in total. The molecule has 384 valence electrons. The Labute approximate surface area is 493 Å². The van der Waals surface area contributed by atoms with Crippen LogP contribution >= 0.6 is 63.7 Å². The van der Waals surface area contributed by atoms with Crippen LogP contribution in [-0.4, -0.2) is 38.2 Å². The molecule has 0 amide bonds. The molecule has 8 nitrogen and oxygen atoms in total. The number of hydrogen-bond acceptors (Lipinski definition) is 4. The Morgan fingerprint density at radius 2 is 0.700 bits per heavy atom. The van der Waals surface area contributed by atoms with Crippen LogP contribution in [0.15, 0.2) is 286 Å². The normalized spacial score (nSPS) is 11.2. The number of rotatable bonds is 4. The Kier molecular flexibility index (Phi) is 14.2. The molecule has 0 unspecified atom stereocenters. The van der Waals surface area contributed by atoms with Gasteiger partial charge in [0.15, 0.2) is 0 Å². The van der Waals surface area contributed by atoms with Crippen molar-refractivity contribution >= 4 is 151 Å². The van der Waals surface area contributed by atoms with Gasteiger partial charge in [0.2, 0.25) is 0 Å². The van der Waals surface area contributed by atoms with Gasteiger partial charge in [-0.05, 0) is 151 Å². The van der Waals surface area contributed by atoms with Gasteiger partial charge in [-0.3, -0.25) is 14.5 Å². The molecule has 0 aliphatic rings. The first-order chi connectivity index (χ1) is 39.4. The maximum Gasteiger partial charge on any atom is 0.146 e. The second kappa shape index (κ2) is 22.3. The second-order valence-corrected chi connectivity index (χ2v) is 22.1. The van der Waals surface area contributed by atoms with E-state index < -0.39 is 0 Å². The fourth-order valence-corrected chi connectivity index (χ4v) is 12.9. The lowest BCUT2D eigenvalue weighted by atomic mass is 10.2. The molecule has 8 aromatic carbocycles. The van der Waals surface area contributed by atoms with Gasteiger partial charge in [0, 0.05) is 98.7 Å². The number of halogens is 4. The second-order valence-electron chi connectivity index (χ2n) is 18.7. The van der Waals surface area contributed by atoms with Crippen LogP contribution in [0.4, 0.5) is 0 Å². The van der Waals surface area contributed by atoms with Gasteiger partial charge < -0.3 is 13.7 Å². The van der Waals surface area contributed by atoms with Gasteiger partial charge in [0.05, 0.1) is 50.3 Å². The Bertz CT molecular complexity index is 4260. The first kappa shape index (κ1) is 51.0. The van der Waals surface area contributed by atoms with Crippen LogP contribution in [0.3, 0.4) is 0 Å². The van der Waals surface area contributed by atoms with E-state index in [1.165, 1.54) is 49.1 Å². The zero-order chi connectivity index (χ0) is 54.1. The minimum Gasteiger partial charge on any atom is -0.309 e. The van der Waals surface area contributed by atoms with E-state index in [0.29, 0.717) is 0 Å². The van der Waals surface area contributed by atoms with Crippen LogP contribution < -0.4 is 0 Å². The van der Waals surface area contributed by atoms with E-state index in [1.54, 1.807) is 0 Å². The molecule has 0 atom stereocenters. The Morgan fingerprint density at radius 1 is 0.263 bits per heavy atom. The fourth-order valence-electron chi connectivity index (χ4n) is 10.8. The molecule has 0 bridgehead atoms. The predicted octanol–water partition coefficient (Wildman–Crippen LogP) is 19.8. The molecular formula is C68H44Br4N8. The van der Waals surface area contributed by atoms with Gasteiger partial charge in [-0.15, -0.1) is 0 Å². The third-order valence-corrected chi connectivity index (χ3v) is 16.7. The minimum absolute atomic E-state index is 0.890. The van der Waals surface area contributed by atoms with Crippen LogP contribution in [-0.2, 0) is 0 Å². The largest absolute Gasteiger partial charge is 0.309 e. The number of para-hydroxylation sites is 7. The van der Waals surface area contributed by atoms with Crippen molar-refractivity contribution in [2.24, 2.45) is 0 Å². The van der Waals surface area contributed by atoms with Crippen molar-refractivity contribution in [3.8, 4) is 22.7 Å². The van der Waals surface area contributed by atoms with E-state index in [0.717, 1.165) is 79.1 Å². The topological polar surface area (TPSA) is 71.3 Å². The van der Waals surface area contributed by atoms with E-state index in [-0.39, 0.29) is 0 Å². The van der Waals surface area contributed by atoms with Gasteiger partial charge in [-0.2, -0.15) is 0 Å². The standard InChI is InChI=1S/4C17H11BrN2/c18-13-8-4-9-14-16(13)17-15(10-5-11-19-17)20(14)12-6-2-1-3-7-12;18-14-10-19-11-16-17(14)13-8-4-5-9-15(13)20(16)12-6-2-1-3-7-12;18-14-10-11-19-17-16(14)13-8-4-5-9-15(13)20(17)12-6-2-1-3-7-12;18-17-16-13-8-4-5-9-14(13)20(15(16)10-11-19-17)12-6-2-1-3-7-12/h4*1-11H. The summed E-state index contributed by atoms with van der Waals surface area (Å²) in [6, 6.07) is 81.2. The van der Waals surface area contributed by atoms with E-state index >= 15 is 0 Å². The van der Waals surface area contributed by atoms with Crippen molar-refractivity contribution in [1.82, 2.24) is 38.2 Å². The average Bonchev–Trinajstić information content (AvgIpc) is 4.42. The van der Waals surface area contributed by atoms with Gasteiger partial charge in [0.1, 0.15) is 10.3 Å². The molecule has 16 aromatic rings. The molecule has 12 heteroatoms. The number of pyridine rings is 4. The number of hydrogen-bond donors (Lipinski definition) is 0. The Morgan fingerprint density at radius 3 is 1.30 bits per heavy atom. The maximum absolute atomic E-state index is 4.59. The van der Waals surface area contributed by atoms with Crippen molar-refractivity contribution in [3.05, 3.63) is 286 Å². The smallest absolute Gasteiger partial charge is 0.146 e. The first-order valence-corrected chi connectivity index (χ1v) is 29.0. The molecule has 0 radical (unpaired) electrons. The van der Waals surface area contributed by atoms with E-state index in [1.807, 2.05) is 79.5 Å². The highest BCUT2D eigenvalue weighted by Crippen LogP contribution is 2.39. The summed E-state index contributed by atoms with van der Waals surface area (Å²) in [5, 5.41) is 8.35. The Balaban J connectivity index is 0.000000101. The van der Waals surface area contributed by atoms with Gasteiger partial charge >= 0.3 is 0 Å². The number of nitrogens with zero attached hydrogens (tertiary/aromatic N) is 8. The monoisotopic (exact) mass is 1290 g/mol. The highest BCUT2D eigenvalue weighted by Gasteiger charge is 2.18. The summed E-state index contributed by atoms with van der Waals surface area (Å²) in [7, 11) is 0. The minimum atomic E-state index is 0.890. The zero-order valence-corrected chi connectivity index (χ0v) is 48.8. The molecule has 0 spiro atoms. The predicted molar refractivity (Wildman–Crippen MR) is 345 cm³/mol. The SMILES string of the molecule is Brc1cccc2c1c1ncccc1n2-c1ccccc1.Brc1ccnc2c1c1ccccc1n2-c1ccccc1.Brc1cncc2c1c1ccccc1n2-c1ccccc1.Brc1nccc2c1c1ccccc1n2-c1ccccc1. The average molecular weight is 1290 g/mol. The molecule has 0 aliphatic carbocycles. The molecule has 0 saturated heterocycles. The highest BCUT2D eigenvalue weighted by molar-refractivity contribution is 9.11. The third-order valence-electron chi connectivity index (χ3n) is 14.1. The van der Waals surface area contributed by atoms with Crippen molar-refractivity contribution in [2.45, 2.75) is 0 Å². The number of aromatic nitrogens is 8. The van der Waals surface area contributed by atoms with Crippen LogP contribution in [0.5, 0.6) is 0 Å². The summed E-state index contributed by atoms with van der Waals surface area (Å²) >= 11 is 14.5. The molecule has 80 heavy (non-hydrogen) atoms. The molecule has 0 aliphatic heterocycles. The van der Waals surface area contributed by atoms with Gasteiger partial charge in [0.25, 0.3) is 0 Å². The lowest BCUT2D eigenvalue weighted by molar-refractivity contribution is 1.13. The summed E-state index contributed by atoms with van der Waals surface area (Å²) < 4.78 is 13.1. The number of benzene rings is 8. The molecule has 8 aromatic heterocycles. The van der Waals surface area contributed by atoms with E-state index in [2.05, 4.69) is 290 Å². The third kappa shape index (κ3) is 9.27. The van der Waals surface area contributed by atoms with Crippen molar-refractivity contribution < 1.29 is 0 Å². The zero-order valence-electron chi connectivity index (χ0n) is 42.5. The highest BCUT2D eigenvalue weighted by atomic mass is 79.9. The van der Waals surface area contributed by atoms with Crippen molar-refractivity contribution in [3.63, 3.8) is 0 Å². The quantitative estimate of drug-likeness (QED) is 0.165. The molecule has 8 heterocycles. The summed E-state index contributed by atoms with van der Waals surface area (Å²) in [5.74, 6) is 0. The first-order valence-electron chi connectivity index (χ1n) is 25.8. The molecular weight excluding hydrogens is 1250 g/mol. The van der Waals surface area contributed by atoms with E-state index in [4.69, 9.17) is 0 Å². The molecule has 16 rings (SSSR count). The van der Waals surface area contributed by atoms with E-state index in [9.17, 15) is 0 Å². The summed E-state index contributed by atoms with van der Waals surface area (Å²) in [5.41, 5.74) is 14.7. The summed E-state index contributed by atoms with van der Waals surface area (Å²) in [4.78, 5) is 17.8. The Hall–Kier alpha value is -8.52. The van der Waals surface area contributed by atoms with Crippen LogP contribution in [0.25, 0.3) is 110 Å². The van der Waals surface area contributed by atoms with Gasteiger partial charge in [-0.25, -0.2) is 9.97 Å². The fraction of sp³-hybridized carbons (Fsp3) is 0. The van der Waals surface area contributed by atoms with Crippen LogP contribution in [0.1, 0.15) is 0 Å². The maximum atomic E-state index is 4.59. The number of fused-ring (bicyclic) bond motifs is 12. The van der Waals surface area contributed by atoms with Crippen LogP contribution in [0, 0.1) is 0 Å². The molecule has 0 fully saturated rings.